The Hall–Kier alpha value is -2.68. The number of nitrogens with zero attached hydrogens (tertiary/aromatic N) is 2. The summed E-state index contributed by atoms with van der Waals surface area (Å²) < 4.78 is 41.2. The van der Waals surface area contributed by atoms with E-state index in [2.05, 4.69) is 20.0 Å². The summed E-state index contributed by atoms with van der Waals surface area (Å²) in [7, 11) is 0. The van der Waals surface area contributed by atoms with E-state index in [0.29, 0.717) is 12.1 Å². The molecule has 2 heterocycles. The SMILES string of the molecule is CCC(=O)Cc1cc(C(C)NC(=O)c2cnc(OCC(F)(F)F)c(Cl)c2)ccn1. The third kappa shape index (κ3) is 7.01. The highest BCUT2D eigenvalue weighted by Gasteiger charge is 2.29. The number of amides is 1. The standard InChI is InChI=1S/C19H19ClF3N3O3/c1-3-15(27)8-14-6-12(4-5-24-14)11(2)26-17(28)13-7-16(20)18(25-9-13)29-10-19(21,22)23/h4-7,9,11H,3,8,10H2,1-2H3,(H,26,28). The molecular formula is C19H19ClF3N3O3. The highest BCUT2D eigenvalue weighted by molar-refractivity contribution is 6.32. The van der Waals surface area contributed by atoms with Crippen LogP contribution in [-0.2, 0) is 11.2 Å². The van der Waals surface area contributed by atoms with Crippen LogP contribution in [0.2, 0.25) is 5.02 Å². The van der Waals surface area contributed by atoms with Crippen molar-refractivity contribution in [1.29, 1.82) is 0 Å². The van der Waals surface area contributed by atoms with Gasteiger partial charge in [-0.05, 0) is 30.7 Å². The van der Waals surface area contributed by atoms with E-state index in [-0.39, 0.29) is 22.8 Å². The maximum Gasteiger partial charge on any atom is 0.422 e. The molecule has 1 N–H and O–H groups in total. The van der Waals surface area contributed by atoms with Crippen LogP contribution in [0.25, 0.3) is 0 Å². The maximum atomic E-state index is 12.4. The largest absolute Gasteiger partial charge is 0.467 e. The molecule has 0 radical (unpaired) electrons. The first kappa shape index (κ1) is 22.6. The highest BCUT2D eigenvalue weighted by Crippen LogP contribution is 2.25. The number of carbonyl (C=O) groups excluding carboxylic acids is 2. The minimum atomic E-state index is -4.53. The van der Waals surface area contributed by atoms with Crippen molar-refractivity contribution in [3.8, 4) is 5.88 Å². The smallest absolute Gasteiger partial charge is 0.422 e. The van der Waals surface area contributed by atoms with Crippen LogP contribution in [0.4, 0.5) is 13.2 Å². The lowest BCUT2D eigenvalue weighted by molar-refractivity contribution is -0.154. The summed E-state index contributed by atoms with van der Waals surface area (Å²) in [5, 5.41) is 2.53. The maximum absolute atomic E-state index is 12.4. The number of pyridine rings is 2. The zero-order valence-electron chi connectivity index (χ0n) is 15.7. The monoisotopic (exact) mass is 429 g/mol. The van der Waals surface area contributed by atoms with E-state index >= 15 is 0 Å². The lowest BCUT2D eigenvalue weighted by Gasteiger charge is -2.15. The number of alkyl halides is 3. The molecule has 0 aliphatic carbocycles. The van der Waals surface area contributed by atoms with Gasteiger partial charge in [0.25, 0.3) is 5.91 Å². The zero-order chi connectivity index (χ0) is 21.6. The van der Waals surface area contributed by atoms with Crippen molar-refractivity contribution in [2.24, 2.45) is 0 Å². The average molecular weight is 430 g/mol. The second-order valence-electron chi connectivity index (χ2n) is 6.26. The van der Waals surface area contributed by atoms with Crippen molar-refractivity contribution in [3.63, 3.8) is 0 Å². The summed E-state index contributed by atoms with van der Waals surface area (Å²) in [5.41, 5.74) is 1.42. The van der Waals surface area contributed by atoms with Crippen LogP contribution in [0, 0.1) is 0 Å². The van der Waals surface area contributed by atoms with Gasteiger partial charge in [0, 0.05) is 30.9 Å². The first-order valence-corrected chi connectivity index (χ1v) is 9.09. The molecule has 2 aromatic rings. The number of carbonyl (C=O) groups is 2. The van der Waals surface area contributed by atoms with Gasteiger partial charge in [-0.1, -0.05) is 18.5 Å². The van der Waals surface area contributed by atoms with Gasteiger partial charge in [-0.15, -0.1) is 0 Å². The lowest BCUT2D eigenvalue weighted by Crippen LogP contribution is -2.27. The molecule has 10 heteroatoms. The minimum Gasteiger partial charge on any atom is -0.467 e. The van der Waals surface area contributed by atoms with Gasteiger partial charge in [-0.2, -0.15) is 13.2 Å². The molecule has 0 aliphatic heterocycles. The molecule has 0 aromatic carbocycles. The molecule has 0 saturated carbocycles. The number of ketones is 1. The van der Waals surface area contributed by atoms with E-state index in [9.17, 15) is 22.8 Å². The van der Waals surface area contributed by atoms with Crippen LogP contribution in [0.3, 0.4) is 0 Å². The fourth-order valence-corrected chi connectivity index (χ4v) is 2.58. The Labute approximate surface area is 170 Å². The Morgan fingerprint density at radius 3 is 2.62 bits per heavy atom. The van der Waals surface area contributed by atoms with Gasteiger partial charge in [0.1, 0.15) is 10.8 Å². The summed E-state index contributed by atoms with van der Waals surface area (Å²) in [6.07, 6.45) is -1.26. The second kappa shape index (κ2) is 9.69. The molecule has 1 unspecified atom stereocenters. The van der Waals surface area contributed by atoms with Crippen LogP contribution in [-0.4, -0.2) is 34.4 Å². The first-order chi connectivity index (χ1) is 13.6. The number of hydrogen-bond acceptors (Lipinski definition) is 5. The predicted molar refractivity (Wildman–Crippen MR) is 99.9 cm³/mol. The van der Waals surface area contributed by atoms with Crippen LogP contribution >= 0.6 is 11.6 Å². The average Bonchev–Trinajstić information content (AvgIpc) is 2.66. The van der Waals surface area contributed by atoms with Gasteiger partial charge in [-0.3, -0.25) is 14.6 Å². The number of Topliss-reactive ketones (excluding diaryl/α,β-unsaturated/α-hetero) is 1. The first-order valence-electron chi connectivity index (χ1n) is 8.71. The van der Waals surface area contributed by atoms with E-state index in [1.54, 1.807) is 32.2 Å². The summed E-state index contributed by atoms with van der Waals surface area (Å²) >= 11 is 5.86. The lowest BCUT2D eigenvalue weighted by atomic mass is 10.1. The second-order valence-corrected chi connectivity index (χ2v) is 6.67. The number of ether oxygens (including phenoxy) is 1. The van der Waals surface area contributed by atoms with E-state index in [1.807, 2.05) is 0 Å². The Kier molecular flexibility index (Phi) is 7.55. The Morgan fingerprint density at radius 2 is 2.00 bits per heavy atom. The van der Waals surface area contributed by atoms with E-state index in [4.69, 9.17) is 11.6 Å². The number of halogens is 4. The fourth-order valence-electron chi connectivity index (χ4n) is 2.36. The van der Waals surface area contributed by atoms with Crippen molar-refractivity contribution < 1.29 is 27.5 Å². The van der Waals surface area contributed by atoms with Gasteiger partial charge in [0.2, 0.25) is 5.88 Å². The molecule has 2 rings (SSSR count). The van der Waals surface area contributed by atoms with Crippen LogP contribution < -0.4 is 10.1 Å². The summed E-state index contributed by atoms with van der Waals surface area (Å²) in [6.45, 7) is 1.98. The number of aromatic nitrogens is 2. The van der Waals surface area contributed by atoms with Crippen molar-refractivity contribution >= 4 is 23.3 Å². The molecule has 1 amide bonds. The highest BCUT2D eigenvalue weighted by atomic mass is 35.5. The van der Waals surface area contributed by atoms with Crippen molar-refractivity contribution in [1.82, 2.24) is 15.3 Å². The van der Waals surface area contributed by atoms with Crippen molar-refractivity contribution in [2.75, 3.05) is 6.61 Å². The Morgan fingerprint density at radius 1 is 1.28 bits per heavy atom. The van der Waals surface area contributed by atoms with Crippen LogP contribution in [0.1, 0.15) is 47.9 Å². The molecule has 0 bridgehead atoms. The van der Waals surface area contributed by atoms with E-state index in [1.165, 1.54) is 6.07 Å². The van der Waals surface area contributed by atoms with E-state index in [0.717, 1.165) is 11.8 Å². The number of rotatable bonds is 8. The molecule has 0 spiro atoms. The summed E-state index contributed by atoms with van der Waals surface area (Å²) in [4.78, 5) is 31.8. The molecule has 156 valence electrons. The van der Waals surface area contributed by atoms with Crippen LogP contribution in [0.15, 0.2) is 30.6 Å². The molecule has 29 heavy (non-hydrogen) atoms. The van der Waals surface area contributed by atoms with Crippen molar-refractivity contribution in [2.45, 2.75) is 38.9 Å². The van der Waals surface area contributed by atoms with Gasteiger partial charge in [-0.25, -0.2) is 4.98 Å². The fraction of sp³-hybridized carbons (Fsp3) is 0.368. The number of hydrogen-bond donors (Lipinski definition) is 1. The molecule has 6 nitrogen and oxygen atoms in total. The van der Waals surface area contributed by atoms with Gasteiger partial charge < -0.3 is 10.1 Å². The third-order valence-electron chi connectivity index (χ3n) is 3.90. The molecule has 0 fully saturated rings. The molecular weight excluding hydrogens is 411 g/mol. The topological polar surface area (TPSA) is 81.2 Å². The van der Waals surface area contributed by atoms with Gasteiger partial charge >= 0.3 is 6.18 Å². The predicted octanol–water partition coefficient (Wildman–Crippen LogP) is 4.08. The molecule has 2 aromatic heterocycles. The Bertz CT molecular complexity index is 890. The minimum absolute atomic E-state index is 0.0555. The summed E-state index contributed by atoms with van der Waals surface area (Å²) in [6, 6.07) is 4.21. The third-order valence-corrected chi connectivity index (χ3v) is 4.17. The summed E-state index contributed by atoms with van der Waals surface area (Å²) in [5.74, 6) is -0.870. The van der Waals surface area contributed by atoms with Gasteiger partial charge in [0.05, 0.1) is 11.6 Å². The molecule has 1 atom stereocenters. The zero-order valence-corrected chi connectivity index (χ0v) is 16.5. The van der Waals surface area contributed by atoms with E-state index < -0.39 is 30.6 Å². The molecule has 0 saturated heterocycles. The quantitative estimate of drug-likeness (QED) is 0.683. The van der Waals surface area contributed by atoms with Crippen LogP contribution in [0.5, 0.6) is 5.88 Å². The molecule has 0 aliphatic rings. The number of nitrogens with one attached hydrogen (secondary N) is 1. The van der Waals surface area contributed by atoms with Gasteiger partial charge in [0.15, 0.2) is 6.61 Å². The van der Waals surface area contributed by atoms with Crippen molar-refractivity contribution in [3.05, 3.63) is 52.4 Å². The Balaban J connectivity index is 2.05. The normalized spacial score (nSPS) is 12.3.